The quantitative estimate of drug-likeness (QED) is 0.257. The van der Waals surface area contributed by atoms with E-state index in [0.717, 1.165) is 16.9 Å². The van der Waals surface area contributed by atoms with E-state index >= 15 is 0 Å². The van der Waals surface area contributed by atoms with Crippen LogP contribution in [0.5, 0.6) is 11.5 Å². The number of amides is 3. The van der Waals surface area contributed by atoms with Crippen LogP contribution in [0.15, 0.2) is 115 Å². The Hall–Kier alpha value is -4.84. The number of nitrogens with zero attached hydrogens (tertiary/aromatic N) is 1. The van der Waals surface area contributed by atoms with Crippen molar-refractivity contribution in [2.24, 2.45) is 0 Å². The predicted octanol–water partition coefficient (Wildman–Crippen LogP) is 6.66. The van der Waals surface area contributed by atoms with E-state index in [-0.39, 0.29) is 25.0 Å². The SMILES string of the molecule is Cc1ccc(NC(=O)N(CCNC(=O)/C=C/c2ccccc2)c2ccc(Oc3ccccc3)cc2)cc1. The summed E-state index contributed by atoms with van der Waals surface area (Å²) in [5, 5.41) is 5.79. The van der Waals surface area contributed by atoms with E-state index in [1.807, 2.05) is 116 Å². The number of anilines is 2. The molecule has 0 aliphatic heterocycles. The van der Waals surface area contributed by atoms with Crippen molar-refractivity contribution in [1.29, 1.82) is 0 Å². The summed E-state index contributed by atoms with van der Waals surface area (Å²) in [6.45, 7) is 2.55. The lowest BCUT2D eigenvalue weighted by Crippen LogP contribution is -2.40. The van der Waals surface area contributed by atoms with Gasteiger partial charge in [-0.15, -0.1) is 0 Å². The number of nitrogens with one attached hydrogen (secondary N) is 2. The van der Waals surface area contributed by atoms with Gasteiger partial charge in [-0.3, -0.25) is 9.69 Å². The minimum absolute atomic E-state index is 0.227. The van der Waals surface area contributed by atoms with Gasteiger partial charge in [-0.1, -0.05) is 66.2 Å². The van der Waals surface area contributed by atoms with Crippen LogP contribution in [0.3, 0.4) is 0 Å². The minimum Gasteiger partial charge on any atom is -0.457 e. The Kier molecular flexibility index (Phi) is 8.70. The van der Waals surface area contributed by atoms with E-state index in [2.05, 4.69) is 10.6 Å². The molecule has 0 aliphatic rings. The van der Waals surface area contributed by atoms with Crippen molar-refractivity contribution in [3.8, 4) is 11.5 Å². The highest BCUT2D eigenvalue weighted by Gasteiger charge is 2.16. The molecule has 0 spiro atoms. The second-order valence-corrected chi connectivity index (χ2v) is 8.39. The highest BCUT2D eigenvalue weighted by atomic mass is 16.5. The molecule has 0 atom stereocenters. The Morgan fingerprint density at radius 1 is 0.784 bits per heavy atom. The van der Waals surface area contributed by atoms with Gasteiger partial charge in [0.15, 0.2) is 0 Å². The molecular formula is C31H29N3O3. The molecule has 4 aromatic carbocycles. The van der Waals surface area contributed by atoms with Gasteiger partial charge in [-0.25, -0.2) is 4.79 Å². The van der Waals surface area contributed by atoms with Crippen LogP contribution < -0.4 is 20.3 Å². The summed E-state index contributed by atoms with van der Waals surface area (Å²) >= 11 is 0. The number of aryl methyl sites for hydroxylation is 1. The molecule has 0 saturated carbocycles. The van der Waals surface area contributed by atoms with Gasteiger partial charge in [0.2, 0.25) is 5.91 Å². The van der Waals surface area contributed by atoms with Crippen molar-refractivity contribution >= 4 is 29.4 Å². The molecule has 3 amide bonds. The highest BCUT2D eigenvalue weighted by Crippen LogP contribution is 2.25. The largest absolute Gasteiger partial charge is 0.457 e. The first-order valence-corrected chi connectivity index (χ1v) is 12.1. The topological polar surface area (TPSA) is 70.7 Å². The molecule has 0 heterocycles. The van der Waals surface area contributed by atoms with Crippen LogP contribution >= 0.6 is 0 Å². The van der Waals surface area contributed by atoms with Crippen LogP contribution in [-0.4, -0.2) is 25.0 Å². The number of urea groups is 1. The number of carbonyl (C=O) groups is 2. The molecule has 37 heavy (non-hydrogen) atoms. The summed E-state index contributed by atoms with van der Waals surface area (Å²) in [7, 11) is 0. The first-order chi connectivity index (χ1) is 18.1. The maximum Gasteiger partial charge on any atom is 0.326 e. The van der Waals surface area contributed by atoms with E-state index < -0.39 is 0 Å². The van der Waals surface area contributed by atoms with Crippen LogP contribution in [0.1, 0.15) is 11.1 Å². The fraction of sp³-hybridized carbons (Fsp3) is 0.0968. The Labute approximate surface area is 217 Å². The molecule has 0 radical (unpaired) electrons. The van der Waals surface area contributed by atoms with Crippen LogP contribution in [0.25, 0.3) is 6.08 Å². The highest BCUT2D eigenvalue weighted by molar-refractivity contribution is 6.02. The Morgan fingerprint density at radius 2 is 1.41 bits per heavy atom. The van der Waals surface area contributed by atoms with E-state index in [9.17, 15) is 9.59 Å². The van der Waals surface area contributed by atoms with Crippen molar-refractivity contribution in [2.45, 2.75) is 6.92 Å². The summed E-state index contributed by atoms with van der Waals surface area (Å²) < 4.78 is 5.87. The second-order valence-electron chi connectivity index (χ2n) is 8.39. The van der Waals surface area contributed by atoms with Gasteiger partial charge in [0.25, 0.3) is 0 Å². The van der Waals surface area contributed by atoms with Gasteiger partial charge in [0.05, 0.1) is 0 Å². The molecule has 6 nitrogen and oxygen atoms in total. The fourth-order valence-electron chi connectivity index (χ4n) is 3.58. The van der Waals surface area contributed by atoms with Gasteiger partial charge in [-0.05, 0) is 67.1 Å². The number of benzene rings is 4. The van der Waals surface area contributed by atoms with Crippen molar-refractivity contribution < 1.29 is 14.3 Å². The fourth-order valence-corrected chi connectivity index (χ4v) is 3.58. The summed E-state index contributed by atoms with van der Waals surface area (Å²) in [4.78, 5) is 27.1. The number of ether oxygens (including phenoxy) is 1. The average Bonchev–Trinajstić information content (AvgIpc) is 2.93. The van der Waals surface area contributed by atoms with Crippen LogP contribution in [0, 0.1) is 6.92 Å². The zero-order chi connectivity index (χ0) is 25.9. The molecule has 0 fully saturated rings. The molecule has 0 saturated heterocycles. The summed E-state index contributed by atoms with van der Waals surface area (Å²) in [5.74, 6) is 1.16. The number of rotatable bonds is 9. The van der Waals surface area contributed by atoms with Gasteiger partial charge in [0, 0.05) is 30.5 Å². The maximum absolute atomic E-state index is 13.2. The number of carbonyl (C=O) groups excluding carboxylic acids is 2. The molecule has 2 N–H and O–H groups in total. The molecule has 0 unspecified atom stereocenters. The lowest BCUT2D eigenvalue weighted by molar-refractivity contribution is -0.116. The van der Waals surface area contributed by atoms with Crippen molar-refractivity contribution in [1.82, 2.24) is 5.32 Å². The molecule has 4 rings (SSSR count). The first kappa shape index (κ1) is 25.3. The van der Waals surface area contributed by atoms with Gasteiger partial charge >= 0.3 is 6.03 Å². The Morgan fingerprint density at radius 3 is 2.08 bits per heavy atom. The third-order valence-corrected chi connectivity index (χ3v) is 5.54. The van der Waals surface area contributed by atoms with E-state index in [1.165, 1.54) is 6.08 Å². The van der Waals surface area contributed by atoms with E-state index in [1.54, 1.807) is 11.0 Å². The van der Waals surface area contributed by atoms with E-state index in [0.29, 0.717) is 17.1 Å². The lowest BCUT2D eigenvalue weighted by Gasteiger charge is -2.24. The zero-order valence-corrected chi connectivity index (χ0v) is 20.6. The van der Waals surface area contributed by atoms with Crippen LogP contribution in [0.2, 0.25) is 0 Å². The van der Waals surface area contributed by atoms with Gasteiger partial charge < -0.3 is 15.4 Å². The second kappa shape index (κ2) is 12.7. The van der Waals surface area contributed by atoms with Crippen LogP contribution in [0.4, 0.5) is 16.2 Å². The van der Waals surface area contributed by atoms with Crippen molar-refractivity contribution in [3.63, 3.8) is 0 Å². The molecule has 0 aromatic heterocycles. The Bertz CT molecular complexity index is 1320. The summed E-state index contributed by atoms with van der Waals surface area (Å²) in [5.41, 5.74) is 3.42. The van der Waals surface area contributed by atoms with Gasteiger partial charge in [-0.2, -0.15) is 0 Å². The third kappa shape index (κ3) is 7.83. The number of hydrogen-bond acceptors (Lipinski definition) is 3. The molecule has 0 bridgehead atoms. The summed E-state index contributed by atoms with van der Waals surface area (Å²) in [6, 6.07) is 33.7. The first-order valence-electron chi connectivity index (χ1n) is 12.1. The summed E-state index contributed by atoms with van der Waals surface area (Å²) in [6.07, 6.45) is 3.24. The van der Waals surface area contributed by atoms with Crippen LogP contribution in [-0.2, 0) is 4.79 Å². The molecule has 6 heteroatoms. The van der Waals surface area contributed by atoms with Crippen molar-refractivity contribution in [3.05, 3.63) is 126 Å². The van der Waals surface area contributed by atoms with E-state index in [4.69, 9.17) is 4.74 Å². The maximum atomic E-state index is 13.2. The minimum atomic E-state index is -0.297. The lowest BCUT2D eigenvalue weighted by atomic mass is 10.2. The normalized spacial score (nSPS) is 10.6. The number of hydrogen-bond donors (Lipinski definition) is 2. The average molecular weight is 492 g/mol. The monoisotopic (exact) mass is 491 g/mol. The smallest absolute Gasteiger partial charge is 0.326 e. The van der Waals surface area contributed by atoms with Gasteiger partial charge in [0.1, 0.15) is 11.5 Å². The van der Waals surface area contributed by atoms with Crippen molar-refractivity contribution in [2.75, 3.05) is 23.3 Å². The predicted molar refractivity (Wildman–Crippen MR) is 149 cm³/mol. The zero-order valence-electron chi connectivity index (χ0n) is 20.6. The molecule has 186 valence electrons. The molecule has 0 aliphatic carbocycles. The third-order valence-electron chi connectivity index (χ3n) is 5.54. The Balaban J connectivity index is 1.43. The molecule has 4 aromatic rings. The number of para-hydroxylation sites is 1. The standard InChI is InChI=1S/C31H29N3O3/c1-24-12-15-26(16-13-24)33-31(36)34(23-22-32-30(35)21-14-25-8-4-2-5-9-25)27-17-19-29(20-18-27)37-28-10-6-3-7-11-28/h2-21H,22-23H2,1H3,(H,32,35)(H,33,36)/b21-14+. The molecular weight excluding hydrogens is 462 g/mol.